The van der Waals surface area contributed by atoms with Crippen LogP contribution in [0.3, 0.4) is 0 Å². The van der Waals surface area contributed by atoms with Crippen molar-refractivity contribution in [3.8, 4) is 0 Å². The van der Waals surface area contributed by atoms with Crippen LogP contribution in [0.1, 0.15) is 43.4 Å². The van der Waals surface area contributed by atoms with Crippen molar-refractivity contribution in [3.63, 3.8) is 0 Å². The van der Waals surface area contributed by atoms with Crippen molar-refractivity contribution in [3.05, 3.63) is 94.2 Å². The number of benzene rings is 2. The fourth-order valence-electron chi connectivity index (χ4n) is 5.48. The molecule has 39 heavy (non-hydrogen) atoms. The Bertz CT molecular complexity index is 1270. The van der Waals surface area contributed by atoms with Crippen molar-refractivity contribution in [2.45, 2.75) is 38.6 Å². The lowest BCUT2D eigenvalue weighted by Gasteiger charge is -2.37. The van der Waals surface area contributed by atoms with Gasteiger partial charge in [-0.1, -0.05) is 72.4 Å². The highest BCUT2D eigenvalue weighted by molar-refractivity contribution is 8.16. The van der Waals surface area contributed by atoms with Crippen LogP contribution >= 0.6 is 11.8 Å². The molecule has 0 unspecified atom stereocenters. The van der Waals surface area contributed by atoms with Crippen LogP contribution in [0.2, 0.25) is 0 Å². The van der Waals surface area contributed by atoms with E-state index in [9.17, 15) is 9.59 Å². The number of hydrogen-bond donors (Lipinski definition) is 0. The number of allylic oxidation sites excluding steroid dienone is 1. The number of hydrogen-bond acceptors (Lipinski definition) is 7. The van der Waals surface area contributed by atoms with E-state index in [1.807, 2.05) is 58.5 Å². The number of esters is 1. The lowest BCUT2D eigenvalue weighted by atomic mass is 9.90. The van der Waals surface area contributed by atoms with Gasteiger partial charge in [-0.25, -0.2) is 9.79 Å². The van der Waals surface area contributed by atoms with E-state index in [1.54, 1.807) is 7.11 Å². The van der Waals surface area contributed by atoms with E-state index in [0.29, 0.717) is 23.8 Å². The number of amidine groups is 1. The highest BCUT2D eigenvalue weighted by Crippen LogP contribution is 2.45. The normalized spacial score (nSPS) is 19.5. The number of ether oxygens (including phenoxy) is 2. The van der Waals surface area contributed by atoms with Crippen LogP contribution in [0, 0.1) is 5.92 Å². The minimum absolute atomic E-state index is 0.114. The molecule has 0 aromatic heterocycles. The monoisotopic (exact) mass is 545 g/mol. The standard InChI is InChI=1S/C31H35N3O4S/c1-22-28(30(36)38-18-17-37-2)29(25-11-7-4-8-12-25)34-26(21-39-31(34)32-22)20-27(35)33-15-13-24(14-16-33)19-23-9-5-3-6-10-23/h3-12,21,24,29H,13-20H2,1-2H3/t29-/m1/s1. The van der Waals surface area contributed by atoms with Crippen molar-refractivity contribution in [1.82, 2.24) is 9.80 Å². The van der Waals surface area contributed by atoms with Crippen molar-refractivity contribution in [2.24, 2.45) is 10.9 Å². The number of amides is 1. The molecule has 1 saturated heterocycles. The van der Waals surface area contributed by atoms with Gasteiger partial charge in [0, 0.05) is 25.9 Å². The minimum Gasteiger partial charge on any atom is -0.460 e. The maximum atomic E-state index is 13.5. The molecule has 0 saturated carbocycles. The van der Waals surface area contributed by atoms with Crippen LogP contribution in [0.4, 0.5) is 0 Å². The van der Waals surface area contributed by atoms with Crippen LogP contribution in [0.5, 0.6) is 0 Å². The molecule has 0 bridgehead atoms. The zero-order chi connectivity index (χ0) is 27.2. The Hall–Kier alpha value is -3.36. The van der Waals surface area contributed by atoms with Crippen molar-refractivity contribution < 1.29 is 19.1 Å². The zero-order valence-electron chi connectivity index (χ0n) is 22.5. The lowest BCUT2D eigenvalue weighted by Crippen LogP contribution is -2.41. The summed E-state index contributed by atoms with van der Waals surface area (Å²) in [4.78, 5) is 35.5. The van der Waals surface area contributed by atoms with Gasteiger partial charge in [0.25, 0.3) is 0 Å². The maximum Gasteiger partial charge on any atom is 0.338 e. The molecule has 1 amide bonds. The Labute approximate surface area is 234 Å². The summed E-state index contributed by atoms with van der Waals surface area (Å²) in [7, 11) is 1.57. The number of likely N-dealkylation sites (tertiary alicyclic amines) is 1. The molecule has 3 aliphatic heterocycles. The molecule has 1 atom stereocenters. The quantitative estimate of drug-likeness (QED) is 0.314. The molecule has 0 aliphatic carbocycles. The number of aliphatic imine (C=N–C) groups is 1. The summed E-state index contributed by atoms with van der Waals surface area (Å²) in [6.45, 7) is 3.88. The number of rotatable bonds is 9. The number of carbonyl (C=O) groups excluding carboxylic acids is 2. The van der Waals surface area contributed by atoms with E-state index in [2.05, 4.69) is 24.3 Å². The number of fused-ring (bicyclic) bond motifs is 1. The molecule has 0 N–H and O–H groups in total. The molecule has 5 rings (SSSR count). The van der Waals surface area contributed by atoms with Crippen LogP contribution in [-0.4, -0.2) is 60.3 Å². The highest BCUT2D eigenvalue weighted by Gasteiger charge is 2.41. The number of carbonyl (C=O) groups is 2. The molecule has 8 heteroatoms. The Morgan fingerprint density at radius 1 is 1.00 bits per heavy atom. The van der Waals surface area contributed by atoms with Crippen LogP contribution in [0.25, 0.3) is 0 Å². The van der Waals surface area contributed by atoms with Crippen molar-refractivity contribution in [2.75, 3.05) is 33.4 Å². The third-order valence-corrected chi connectivity index (χ3v) is 8.41. The smallest absolute Gasteiger partial charge is 0.338 e. The van der Waals surface area contributed by atoms with Crippen molar-refractivity contribution in [1.29, 1.82) is 0 Å². The summed E-state index contributed by atoms with van der Waals surface area (Å²) in [6.07, 6.45) is 3.35. The predicted molar refractivity (Wildman–Crippen MR) is 154 cm³/mol. The summed E-state index contributed by atoms with van der Waals surface area (Å²) < 4.78 is 10.6. The molecule has 0 spiro atoms. The third-order valence-electron chi connectivity index (χ3n) is 7.52. The number of piperidine rings is 1. The molecule has 2 aromatic rings. The van der Waals surface area contributed by atoms with Gasteiger partial charge in [-0.15, -0.1) is 0 Å². The van der Waals surface area contributed by atoms with E-state index >= 15 is 0 Å². The first kappa shape index (κ1) is 27.2. The molecule has 3 heterocycles. The second-order valence-corrected chi connectivity index (χ2v) is 11.0. The Morgan fingerprint density at radius 2 is 1.69 bits per heavy atom. The zero-order valence-corrected chi connectivity index (χ0v) is 23.4. The second kappa shape index (κ2) is 12.7. The fourth-order valence-corrected chi connectivity index (χ4v) is 6.44. The van der Waals surface area contributed by atoms with Gasteiger partial charge in [0.2, 0.25) is 5.91 Å². The summed E-state index contributed by atoms with van der Waals surface area (Å²) in [5, 5.41) is 2.78. The predicted octanol–water partition coefficient (Wildman–Crippen LogP) is 5.32. The molecule has 3 aliphatic rings. The maximum absolute atomic E-state index is 13.5. The van der Waals surface area contributed by atoms with Gasteiger partial charge < -0.3 is 19.3 Å². The highest BCUT2D eigenvalue weighted by atomic mass is 32.2. The fraction of sp³-hybridized carbons (Fsp3) is 0.387. The Balaban J connectivity index is 1.29. The molecule has 0 radical (unpaired) electrons. The van der Waals surface area contributed by atoms with Gasteiger partial charge in [0.05, 0.1) is 30.3 Å². The van der Waals surface area contributed by atoms with Gasteiger partial charge in [-0.05, 0) is 48.6 Å². The second-order valence-electron chi connectivity index (χ2n) is 10.1. The van der Waals surface area contributed by atoms with Crippen molar-refractivity contribution >= 4 is 28.8 Å². The summed E-state index contributed by atoms with van der Waals surface area (Å²) in [5.41, 5.74) is 4.29. The van der Waals surface area contributed by atoms with Crippen LogP contribution in [-0.2, 0) is 25.5 Å². The minimum atomic E-state index is -0.417. The first-order valence-electron chi connectivity index (χ1n) is 13.5. The first-order chi connectivity index (χ1) is 19.0. The van der Waals surface area contributed by atoms with Gasteiger partial charge >= 0.3 is 5.97 Å². The topological polar surface area (TPSA) is 71.4 Å². The molecule has 7 nitrogen and oxygen atoms in total. The Kier molecular flexibility index (Phi) is 8.84. The average Bonchev–Trinajstić information content (AvgIpc) is 3.35. The Morgan fingerprint density at radius 3 is 2.38 bits per heavy atom. The summed E-state index contributed by atoms with van der Waals surface area (Å²) >= 11 is 1.50. The van der Waals surface area contributed by atoms with Gasteiger partial charge in [0.1, 0.15) is 6.61 Å². The molecule has 1 fully saturated rings. The first-order valence-corrected chi connectivity index (χ1v) is 14.4. The van der Waals surface area contributed by atoms with Crippen LogP contribution < -0.4 is 0 Å². The number of methoxy groups -OCH3 is 1. The number of thioether (sulfide) groups is 1. The molecular formula is C31H35N3O4S. The average molecular weight is 546 g/mol. The van der Waals surface area contributed by atoms with Gasteiger partial charge in [-0.2, -0.15) is 0 Å². The third kappa shape index (κ3) is 6.28. The molecule has 2 aromatic carbocycles. The van der Waals surface area contributed by atoms with Gasteiger partial charge in [-0.3, -0.25) is 4.79 Å². The van der Waals surface area contributed by atoms with Gasteiger partial charge in [0.15, 0.2) is 5.17 Å². The summed E-state index contributed by atoms with van der Waals surface area (Å²) in [5.74, 6) is 0.300. The SMILES string of the molecule is COCCOC(=O)C1=C(C)N=C2SC=C(CC(=O)N3CCC(Cc4ccccc4)CC3)N2[C@@H]1c1ccccc1. The van der Waals surface area contributed by atoms with E-state index in [-0.39, 0.29) is 18.9 Å². The van der Waals surface area contributed by atoms with E-state index in [4.69, 9.17) is 14.5 Å². The van der Waals surface area contributed by atoms with E-state index in [1.165, 1.54) is 17.3 Å². The molecule has 204 valence electrons. The van der Waals surface area contributed by atoms with Crippen LogP contribution in [0.15, 0.2) is 88.0 Å². The molecular weight excluding hydrogens is 510 g/mol. The largest absolute Gasteiger partial charge is 0.460 e. The van der Waals surface area contributed by atoms with E-state index < -0.39 is 12.0 Å². The lowest BCUT2D eigenvalue weighted by molar-refractivity contribution is -0.141. The summed E-state index contributed by atoms with van der Waals surface area (Å²) in [6, 6.07) is 20.0. The van der Waals surface area contributed by atoms with E-state index in [0.717, 1.165) is 48.8 Å². The number of nitrogens with zero attached hydrogens (tertiary/aromatic N) is 3.